The summed E-state index contributed by atoms with van der Waals surface area (Å²) in [6, 6.07) is 27.6. The van der Waals surface area contributed by atoms with Gasteiger partial charge in [0, 0.05) is 16.2 Å². The molecule has 112 valence electrons. The van der Waals surface area contributed by atoms with Gasteiger partial charge in [0.15, 0.2) is 0 Å². The molecule has 1 aromatic heterocycles. The summed E-state index contributed by atoms with van der Waals surface area (Å²) in [6.45, 7) is 4.51. The van der Waals surface area contributed by atoms with Gasteiger partial charge < -0.3 is 0 Å². The summed E-state index contributed by atoms with van der Waals surface area (Å²) in [5, 5.41) is 3.73. The van der Waals surface area contributed by atoms with Crippen LogP contribution in [0, 0.1) is 0 Å². The quantitative estimate of drug-likeness (QED) is 0.432. The summed E-state index contributed by atoms with van der Waals surface area (Å²) in [5.41, 5.74) is 3.33. The largest absolute Gasteiger partial charge is 0.251 e. The summed E-state index contributed by atoms with van der Waals surface area (Å²) in [6.07, 6.45) is 0. The molecule has 4 aromatic rings. The topological polar surface area (TPSA) is 12.9 Å². The van der Waals surface area contributed by atoms with E-state index in [0.717, 1.165) is 11.2 Å². The Bertz CT molecular complexity index is 984. The Morgan fingerprint density at radius 1 is 0.609 bits per heavy atom. The minimum Gasteiger partial charge on any atom is -0.251 e. The first kappa shape index (κ1) is 14.0. The number of hydrogen-bond donors (Lipinski definition) is 0. The molecule has 0 atom stereocenters. The van der Waals surface area contributed by atoms with E-state index in [1.54, 1.807) is 0 Å². The summed E-state index contributed by atoms with van der Waals surface area (Å²) in [7, 11) is 0. The first-order valence-electron chi connectivity index (χ1n) is 8.01. The zero-order valence-electron chi connectivity index (χ0n) is 13.5. The maximum Gasteiger partial charge on any atom is 0.0712 e. The molecule has 0 aliphatic rings. The minimum absolute atomic E-state index is 0.148. The van der Waals surface area contributed by atoms with Gasteiger partial charge in [-0.1, -0.05) is 86.6 Å². The smallest absolute Gasteiger partial charge is 0.0712 e. The standard InChI is InChI=1S/C22H19N/c1-22(2,16-10-4-3-5-11-16)21-19-14-7-6-12-17(19)18-13-8-9-15-20(18)23-21/h3-15H,1-2H3. The Kier molecular flexibility index (Phi) is 3.16. The number of fused-ring (bicyclic) bond motifs is 3. The van der Waals surface area contributed by atoms with Gasteiger partial charge in [-0.15, -0.1) is 0 Å². The van der Waals surface area contributed by atoms with Gasteiger partial charge in [0.05, 0.1) is 11.2 Å². The molecule has 0 radical (unpaired) electrons. The molecular formula is C22H19N. The van der Waals surface area contributed by atoms with Crippen LogP contribution in [-0.4, -0.2) is 4.98 Å². The maximum atomic E-state index is 5.05. The second kappa shape index (κ2) is 5.20. The molecule has 0 N–H and O–H groups in total. The molecule has 1 heteroatoms. The second-order valence-electron chi connectivity index (χ2n) is 6.51. The van der Waals surface area contributed by atoms with Gasteiger partial charge in [-0.3, -0.25) is 4.98 Å². The fourth-order valence-electron chi connectivity index (χ4n) is 3.37. The van der Waals surface area contributed by atoms with Crippen molar-refractivity contribution in [1.29, 1.82) is 0 Å². The third-order valence-corrected chi connectivity index (χ3v) is 4.70. The molecule has 3 aromatic carbocycles. The van der Waals surface area contributed by atoms with Gasteiger partial charge in [0.1, 0.15) is 0 Å². The van der Waals surface area contributed by atoms with Crippen LogP contribution in [0.25, 0.3) is 21.7 Å². The summed E-state index contributed by atoms with van der Waals surface area (Å²) >= 11 is 0. The average molecular weight is 297 g/mol. The molecule has 4 rings (SSSR count). The molecule has 0 fully saturated rings. The fraction of sp³-hybridized carbons (Fsp3) is 0.136. The van der Waals surface area contributed by atoms with E-state index in [4.69, 9.17) is 4.98 Å². The highest BCUT2D eigenvalue weighted by atomic mass is 14.7. The monoisotopic (exact) mass is 297 g/mol. The van der Waals surface area contributed by atoms with Crippen LogP contribution in [0.1, 0.15) is 25.1 Å². The lowest BCUT2D eigenvalue weighted by molar-refractivity contribution is 0.627. The Morgan fingerprint density at radius 3 is 1.91 bits per heavy atom. The Balaban J connectivity index is 2.10. The van der Waals surface area contributed by atoms with Gasteiger partial charge in [-0.25, -0.2) is 0 Å². The van der Waals surface area contributed by atoms with E-state index in [0.29, 0.717) is 0 Å². The van der Waals surface area contributed by atoms with Crippen molar-refractivity contribution in [3.63, 3.8) is 0 Å². The predicted octanol–water partition coefficient (Wildman–Crippen LogP) is 5.71. The maximum absolute atomic E-state index is 5.05. The van der Waals surface area contributed by atoms with Gasteiger partial charge in [0.25, 0.3) is 0 Å². The van der Waals surface area contributed by atoms with Crippen molar-refractivity contribution >= 4 is 21.7 Å². The summed E-state index contributed by atoms with van der Waals surface area (Å²) in [5.74, 6) is 0. The molecular weight excluding hydrogens is 278 g/mol. The molecule has 23 heavy (non-hydrogen) atoms. The van der Waals surface area contributed by atoms with Crippen molar-refractivity contribution in [3.05, 3.63) is 90.1 Å². The predicted molar refractivity (Wildman–Crippen MR) is 97.8 cm³/mol. The fourth-order valence-corrected chi connectivity index (χ4v) is 3.37. The van der Waals surface area contributed by atoms with Crippen LogP contribution in [0.3, 0.4) is 0 Å². The van der Waals surface area contributed by atoms with Crippen LogP contribution < -0.4 is 0 Å². The Labute approximate surface area is 136 Å². The summed E-state index contributed by atoms with van der Waals surface area (Å²) in [4.78, 5) is 5.05. The number of para-hydroxylation sites is 1. The highest BCUT2D eigenvalue weighted by Gasteiger charge is 2.27. The first-order valence-corrected chi connectivity index (χ1v) is 8.01. The minimum atomic E-state index is -0.148. The number of aromatic nitrogens is 1. The van der Waals surface area contributed by atoms with Crippen molar-refractivity contribution in [2.24, 2.45) is 0 Å². The van der Waals surface area contributed by atoms with Gasteiger partial charge >= 0.3 is 0 Å². The number of hydrogen-bond acceptors (Lipinski definition) is 1. The second-order valence-corrected chi connectivity index (χ2v) is 6.51. The van der Waals surface area contributed by atoms with Crippen LogP contribution in [0.5, 0.6) is 0 Å². The Morgan fingerprint density at radius 2 is 1.17 bits per heavy atom. The molecule has 1 heterocycles. The lowest BCUT2D eigenvalue weighted by Gasteiger charge is -2.27. The highest BCUT2D eigenvalue weighted by molar-refractivity contribution is 6.07. The van der Waals surface area contributed by atoms with Crippen molar-refractivity contribution < 1.29 is 0 Å². The zero-order valence-corrected chi connectivity index (χ0v) is 13.5. The number of benzene rings is 3. The van der Waals surface area contributed by atoms with Crippen molar-refractivity contribution in [1.82, 2.24) is 4.98 Å². The first-order chi connectivity index (χ1) is 11.2. The van der Waals surface area contributed by atoms with Crippen LogP contribution in [-0.2, 0) is 5.41 Å². The van der Waals surface area contributed by atoms with Crippen LogP contribution >= 0.6 is 0 Å². The molecule has 0 spiro atoms. The number of pyridine rings is 1. The van der Waals surface area contributed by atoms with E-state index in [1.165, 1.54) is 21.7 Å². The molecule has 0 aliphatic carbocycles. The van der Waals surface area contributed by atoms with E-state index in [9.17, 15) is 0 Å². The van der Waals surface area contributed by atoms with Crippen LogP contribution in [0.2, 0.25) is 0 Å². The van der Waals surface area contributed by atoms with Gasteiger partial charge in [-0.2, -0.15) is 0 Å². The van der Waals surface area contributed by atoms with Gasteiger partial charge in [-0.05, 0) is 17.0 Å². The normalized spacial score (nSPS) is 11.9. The van der Waals surface area contributed by atoms with Crippen LogP contribution in [0.4, 0.5) is 0 Å². The molecule has 0 aliphatic heterocycles. The molecule has 0 bridgehead atoms. The van der Waals surface area contributed by atoms with E-state index in [-0.39, 0.29) is 5.41 Å². The zero-order chi connectivity index (χ0) is 15.9. The third kappa shape index (κ3) is 2.20. The molecule has 0 saturated heterocycles. The van der Waals surface area contributed by atoms with Gasteiger partial charge in [0.2, 0.25) is 0 Å². The highest BCUT2D eigenvalue weighted by Crippen LogP contribution is 2.37. The summed E-state index contributed by atoms with van der Waals surface area (Å²) < 4.78 is 0. The SMILES string of the molecule is CC(C)(c1ccccc1)c1nc2ccccc2c2ccccc12. The average Bonchev–Trinajstić information content (AvgIpc) is 2.62. The van der Waals surface area contributed by atoms with Crippen molar-refractivity contribution in [3.8, 4) is 0 Å². The number of rotatable bonds is 2. The molecule has 0 amide bonds. The van der Waals surface area contributed by atoms with E-state index >= 15 is 0 Å². The van der Waals surface area contributed by atoms with Crippen LogP contribution in [0.15, 0.2) is 78.9 Å². The van der Waals surface area contributed by atoms with Crippen molar-refractivity contribution in [2.45, 2.75) is 19.3 Å². The molecule has 1 nitrogen and oxygen atoms in total. The molecule has 0 unspecified atom stereocenters. The van der Waals surface area contributed by atoms with Crippen molar-refractivity contribution in [2.75, 3.05) is 0 Å². The van der Waals surface area contributed by atoms with E-state index < -0.39 is 0 Å². The number of nitrogens with zero attached hydrogens (tertiary/aromatic N) is 1. The molecule has 0 saturated carbocycles. The lowest BCUT2D eigenvalue weighted by atomic mass is 9.79. The Hall–Kier alpha value is -2.67. The third-order valence-electron chi connectivity index (χ3n) is 4.70. The lowest BCUT2D eigenvalue weighted by Crippen LogP contribution is -2.21. The van der Waals surface area contributed by atoms with E-state index in [2.05, 4.69) is 92.7 Å². The van der Waals surface area contributed by atoms with E-state index in [1.807, 2.05) is 0 Å².